The van der Waals surface area contributed by atoms with Gasteiger partial charge in [0.05, 0.1) is 12.2 Å². The molecule has 0 spiro atoms. The molecule has 0 radical (unpaired) electrons. The van der Waals surface area contributed by atoms with Crippen LogP contribution in [-0.4, -0.2) is 73.3 Å². The second kappa shape index (κ2) is 15.4. The summed E-state index contributed by atoms with van der Waals surface area (Å²) >= 11 is 0. The van der Waals surface area contributed by atoms with Crippen LogP contribution in [0.1, 0.15) is 51.0 Å². The lowest BCUT2D eigenvalue weighted by molar-refractivity contribution is 0.171. The fraction of sp³-hybridized carbons (Fsp3) is 0.455. The molecule has 0 aliphatic rings. The number of phenolic OH excluding ortho intramolecular Hbond substituents is 4. The van der Waals surface area contributed by atoms with Crippen LogP contribution in [0.25, 0.3) is 0 Å². The van der Waals surface area contributed by atoms with E-state index in [0.717, 1.165) is 0 Å². The Hall–Kier alpha value is -2.65. The van der Waals surface area contributed by atoms with E-state index in [0.29, 0.717) is 36.3 Å². The van der Waals surface area contributed by atoms with Gasteiger partial charge in [0.25, 0.3) is 0 Å². The van der Waals surface area contributed by atoms with Crippen LogP contribution in [0.2, 0.25) is 0 Å². The molecule has 2 rings (SSSR count). The average Bonchev–Trinajstić information content (AvgIpc) is 2.73. The standard InChI is InChI=1S/2C11H17NO3.H2O4S/c2*1-7(2)12-6-11(15)8-3-4-9(13)10(14)5-8;1-5(2,3)4/h2*3-5,7,11-15H,6H2,1-2H3;(H2,1,2,3,4). The van der Waals surface area contributed by atoms with Gasteiger partial charge in [-0.15, -0.1) is 0 Å². The molecule has 13 heteroatoms. The first-order valence-electron chi connectivity index (χ1n) is 10.6. The van der Waals surface area contributed by atoms with Gasteiger partial charge in [-0.05, 0) is 35.4 Å². The summed E-state index contributed by atoms with van der Waals surface area (Å²) in [4.78, 5) is 0. The highest BCUT2D eigenvalue weighted by atomic mass is 32.3. The zero-order valence-electron chi connectivity index (χ0n) is 20.0. The first kappa shape index (κ1) is 32.4. The number of rotatable bonds is 8. The quantitative estimate of drug-likeness (QED) is 0.177. The van der Waals surface area contributed by atoms with Crippen LogP contribution < -0.4 is 10.6 Å². The third-order valence-corrected chi connectivity index (χ3v) is 4.21. The predicted molar refractivity (Wildman–Crippen MR) is 130 cm³/mol. The van der Waals surface area contributed by atoms with Gasteiger partial charge < -0.3 is 41.3 Å². The number of aliphatic hydroxyl groups excluding tert-OH is 2. The maximum Gasteiger partial charge on any atom is 0.394 e. The minimum atomic E-state index is -4.67. The van der Waals surface area contributed by atoms with Gasteiger partial charge in [0.2, 0.25) is 0 Å². The van der Waals surface area contributed by atoms with Gasteiger partial charge >= 0.3 is 10.4 Å². The maximum atomic E-state index is 9.73. The number of phenols is 4. The Bertz CT molecular complexity index is 926. The molecule has 12 nitrogen and oxygen atoms in total. The smallest absolute Gasteiger partial charge is 0.394 e. The van der Waals surface area contributed by atoms with Crippen molar-refractivity contribution >= 4 is 10.4 Å². The third-order valence-electron chi connectivity index (χ3n) is 4.21. The second-order valence-corrected chi connectivity index (χ2v) is 9.00. The lowest BCUT2D eigenvalue weighted by atomic mass is 10.1. The Morgan fingerprint density at radius 1 is 0.657 bits per heavy atom. The lowest BCUT2D eigenvalue weighted by Crippen LogP contribution is -2.27. The fourth-order valence-corrected chi connectivity index (χ4v) is 2.43. The van der Waals surface area contributed by atoms with Crippen molar-refractivity contribution in [2.75, 3.05) is 13.1 Å². The van der Waals surface area contributed by atoms with Crippen LogP contribution in [-0.2, 0) is 10.4 Å². The average molecular weight is 521 g/mol. The number of aromatic hydroxyl groups is 4. The molecule has 2 aromatic carbocycles. The van der Waals surface area contributed by atoms with E-state index >= 15 is 0 Å². The normalized spacial score (nSPS) is 12.9. The van der Waals surface area contributed by atoms with E-state index in [2.05, 4.69) is 10.6 Å². The van der Waals surface area contributed by atoms with Crippen molar-refractivity contribution in [3.8, 4) is 23.0 Å². The molecule has 2 aromatic rings. The summed E-state index contributed by atoms with van der Waals surface area (Å²) in [5.41, 5.74) is 1.16. The van der Waals surface area contributed by atoms with E-state index in [1.54, 1.807) is 12.1 Å². The summed E-state index contributed by atoms with van der Waals surface area (Å²) in [7, 11) is -4.67. The van der Waals surface area contributed by atoms with Crippen LogP contribution in [0, 0.1) is 0 Å². The molecular formula is C22H36N2O10S. The molecular weight excluding hydrogens is 484 g/mol. The maximum absolute atomic E-state index is 9.73. The SMILES string of the molecule is CC(C)NCC(O)c1ccc(O)c(O)c1.CC(C)NCC(O)c1ccc(O)c(O)c1.O=S(=O)(O)O. The third kappa shape index (κ3) is 15.8. The van der Waals surface area contributed by atoms with Crippen molar-refractivity contribution < 1.29 is 48.2 Å². The Morgan fingerprint density at radius 2 is 0.943 bits per heavy atom. The van der Waals surface area contributed by atoms with E-state index in [1.165, 1.54) is 24.3 Å². The molecule has 2 unspecified atom stereocenters. The van der Waals surface area contributed by atoms with Crippen molar-refractivity contribution in [1.29, 1.82) is 0 Å². The first-order chi connectivity index (χ1) is 16.0. The number of benzene rings is 2. The molecule has 0 aromatic heterocycles. The zero-order chi connectivity index (χ0) is 27.3. The Morgan fingerprint density at radius 3 is 1.17 bits per heavy atom. The topological polar surface area (TPSA) is 220 Å². The highest BCUT2D eigenvalue weighted by Gasteiger charge is 2.11. The Kier molecular flexibility index (Phi) is 14.2. The van der Waals surface area contributed by atoms with Crippen molar-refractivity contribution in [2.24, 2.45) is 0 Å². The van der Waals surface area contributed by atoms with Crippen molar-refractivity contribution in [3.63, 3.8) is 0 Å². The van der Waals surface area contributed by atoms with E-state index in [-0.39, 0.29) is 23.0 Å². The second-order valence-electron chi connectivity index (χ2n) is 8.10. The minimum absolute atomic E-state index is 0.178. The van der Waals surface area contributed by atoms with Gasteiger partial charge in [-0.3, -0.25) is 9.11 Å². The monoisotopic (exact) mass is 520 g/mol. The van der Waals surface area contributed by atoms with Gasteiger partial charge in [-0.25, -0.2) is 0 Å². The zero-order valence-corrected chi connectivity index (χ0v) is 20.8. The molecule has 0 aliphatic carbocycles. The van der Waals surface area contributed by atoms with E-state index in [1.807, 2.05) is 27.7 Å². The summed E-state index contributed by atoms with van der Waals surface area (Å²) in [6, 6.07) is 9.22. The largest absolute Gasteiger partial charge is 0.504 e. The summed E-state index contributed by atoms with van der Waals surface area (Å²) < 4.78 is 31.6. The van der Waals surface area contributed by atoms with Crippen LogP contribution in [0.5, 0.6) is 23.0 Å². The summed E-state index contributed by atoms with van der Waals surface area (Å²) in [5.74, 6) is -0.780. The molecule has 0 amide bonds. The number of nitrogens with one attached hydrogen (secondary N) is 2. The minimum Gasteiger partial charge on any atom is -0.504 e. The van der Waals surface area contributed by atoms with Crippen molar-refractivity contribution in [3.05, 3.63) is 47.5 Å². The Balaban J connectivity index is 0.000000555. The fourth-order valence-electron chi connectivity index (χ4n) is 2.43. The molecule has 200 valence electrons. The van der Waals surface area contributed by atoms with E-state index in [4.69, 9.17) is 27.7 Å². The molecule has 35 heavy (non-hydrogen) atoms. The molecule has 10 N–H and O–H groups in total. The molecule has 2 atom stereocenters. The molecule has 0 saturated carbocycles. The van der Waals surface area contributed by atoms with E-state index < -0.39 is 22.6 Å². The Labute approximate surface area is 205 Å². The van der Waals surface area contributed by atoms with E-state index in [9.17, 15) is 20.4 Å². The first-order valence-corrected chi connectivity index (χ1v) is 12.0. The highest BCUT2D eigenvalue weighted by molar-refractivity contribution is 7.79. The summed E-state index contributed by atoms with van der Waals surface area (Å²) in [5, 5.41) is 62.3. The van der Waals surface area contributed by atoms with Crippen LogP contribution in [0.3, 0.4) is 0 Å². The van der Waals surface area contributed by atoms with Gasteiger partial charge in [-0.1, -0.05) is 39.8 Å². The lowest BCUT2D eigenvalue weighted by Gasteiger charge is -2.14. The highest BCUT2D eigenvalue weighted by Crippen LogP contribution is 2.28. The molecule has 0 bridgehead atoms. The molecule has 0 aliphatic heterocycles. The number of hydrogen-bond donors (Lipinski definition) is 10. The number of aliphatic hydroxyl groups is 2. The number of hydrogen-bond acceptors (Lipinski definition) is 10. The van der Waals surface area contributed by atoms with Crippen LogP contribution in [0.15, 0.2) is 36.4 Å². The van der Waals surface area contributed by atoms with Crippen LogP contribution in [0.4, 0.5) is 0 Å². The van der Waals surface area contributed by atoms with Crippen LogP contribution >= 0.6 is 0 Å². The molecule has 0 fully saturated rings. The molecule has 0 heterocycles. The summed E-state index contributed by atoms with van der Waals surface area (Å²) in [6.07, 6.45) is -1.36. The van der Waals surface area contributed by atoms with Crippen molar-refractivity contribution in [2.45, 2.75) is 52.0 Å². The molecule has 0 saturated heterocycles. The van der Waals surface area contributed by atoms with Gasteiger partial charge in [0, 0.05) is 25.2 Å². The predicted octanol–water partition coefficient (Wildman–Crippen LogP) is 1.61. The van der Waals surface area contributed by atoms with Gasteiger partial charge in [0.15, 0.2) is 23.0 Å². The van der Waals surface area contributed by atoms with Crippen molar-refractivity contribution in [1.82, 2.24) is 10.6 Å². The summed E-state index contributed by atoms with van der Waals surface area (Å²) in [6.45, 7) is 8.79. The van der Waals surface area contributed by atoms with Gasteiger partial charge in [-0.2, -0.15) is 8.42 Å². The van der Waals surface area contributed by atoms with Gasteiger partial charge in [0.1, 0.15) is 0 Å².